The molecule has 0 radical (unpaired) electrons. The van der Waals surface area contributed by atoms with Crippen LogP contribution in [-0.2, 0) is 18.5 Å². The largest absolute Gasteiger partial charge is 0.462 e. The van der Waals surface area contributed by atoms with Gasteiger partial charge in [-0.25, -0.2) is 18.0 Å². The molecular weight excluding hydrogens is 308 g/mol. The number of benzene rings is 1. The number of halogens is 1. The lowest BCUT2D eigenvalue weighted by Crippen LogP contribution is -2.14. The molecule has 1 rings (SSSR count). The Morgan fingerprint density at radius 3 is 2.00 bits per heavy atom. The van der Waals surface area contributed by atoms with E-state index in [-0.39, 0.29) is 29.2 Å². The lowest BCUT2D eigenvalue weighted by molar-refractivity contribution is 0.0478. The fourth-order valence-corrected chi connectivity index (χ4v) is 2.22. The Bertz CT molecular complexity index is 623. The topological polar surface area (TPSA) is 86.7 Å². The van der Waals surface area contributed by atoms with E-state index in [4.69, 9.17) is 20.2 Å². The molecule has 0 atom stereocenters. The average Bonchev–Trinajstić information content (AvgIpc) is 2.37. The second-order valence-corrected chi connectivity index (χ2v) is 6.15. The molecule has 0 saturated heterocycles. The first-order valence-corrected chi connectivity index (χ1v) is 8.05. The van der Waals surface area contributed by atoms with Gasteiger partial charge in [0.1, 0.15) is 0 Å². The maximum atomic E-state index is 11.8. The zero-order chi connectivity index (χ0) is 15.3. The van der Waals surface area contributed by atoms with Crippen LogP contribution in [0.2, 0.25) is 0 Å². The van der Waals surface area contributed by atoms with Crippen LogP contribution in [0.25, 0.3) is 0 Å². The highest BCUT2D eigenvalue weighted by atomic mass is 35.7. The van der Waals surface area contributed by atoms with Crippen molar-refractivity contribution in [3.8, 4) is 0 Å². The van der Waals surface area contributed by atoms with Crippen molar-refractivity contribution in [2.45, 2.75) is 18.7 Å². The number of rotatable bonds is 5. The summed E-state index contributed by atoms with van der Waals surface area (Å²) in [6, 6.07) is 3.28. The standard InChI is InChI=1S/C12H13ClO6S/c1-3-18-11(14)9-6-5-8(20(13,16)17)7-10(9)12(15)19-4-2/h5-7H,3-4H2,1-2H3. The molecule has 6 nitrogen and oxygen atoms in total. The summed E-state index contributed by atoms with van der Waals surface area (Å²) in [5.74, 6) is -1.56. The smallest absolute Gasteiger partial charge is 0.339 e. The molecule has 0 spiro atoms. The zero-order valence-corrected chi connectivity index (χ0v) is 12.5. The summed E-state index contributed by atoms with van der Waals surface area (Å²) in [5, 5.41) is 0. The molecule has 0 N–H and O–H groups in total. The lowest BCUT2D eigenvalue weighted by Gasteiger charge is -2.09. The Morgan fingerprint density at radius 1 is 1.05 bits per heavy atom. The van der Waals surface area contributed by atoms with Crippen molar-refractivity contribution in [2.24, 2.45) is 0 Å². The van der Waals surface area contributed by atoms with Crippen molar-refractivity contribution in [2.75, 3.05) is 13.2 Å². The molecule has 0 fully saturated rings. The third-order valence-electron chi connectivity index (χ3n) is 2.26. The minimum Gasteiger partial charge on any atom is -0.462 e. The molecule has 0 aliphatic heterocycles. The second kappa shape index (κ2) is 6.71. The molecule has 0 amide bonds. The highest BCUT2D eigenvalue weighted by Gasteiger charge is 2.22. The van der Waals surface area contributed by atoms with E-state index in [2.05, 4.69) is 0 Å². The van der Waals surface area contributed by atoms with E-state index in [1.807, 2.05) is 0 Å². The summed E-state index contributed by atoms with van der Waals surface area (Å²) < 4.78 is 32.1. The van der Waals surface area contributed by atoms with Gasteiger partial charge in [0, 0.05) is 10.7 Å². The van der Waals surface area contributed by atoms with Crippen LogP contribution in [0.5, 0.6) is 0 Å². The zero-order valence-electron chi connectivity index (χ0n) is 10.9. The van der Waals surface area contributed by atoms with Gasteiger partial charge in [0.15, 0.2) is 0 Å². The average molecular weight is 321 g/mol. The van der Waals surface area contributed by atoms with E-state index in [0.717, 1.165) is 12.1 Å². The number of carbonyl (C=O) groups excluding carboxylic acids is 2. The van der Waals surface area contributed by atoms with E-state index in [9.17, 15) is 18.0 Å². The van der Waals surface area contributed by atoms with Crippen LogP contribution < -0.4 is 0 Å². The van der Waals surface area contributed by atoms with Crippen LogP contribution in [-0.4, -0.2) is 33.6 Å². The molecule has 0 saturated carbocycles. The van der Waals surface area contributed by atoms with Crippen molar-refractivity contribution < 1.29 is 27.5 Å². The molecule has 110 valence electrons. The van der Waals surface area contributed by atoms with Crippen LogP contribution >= 0.6 is 10.7 Å². The van der Waals surface area contributed by atoms with Crippen LogP contribution in [0.3, 0.4) is 0 Å². The molecule has 0 bridgehead atoms. The molecule has 1 aromatic rings. The van der Waals surface area contributed by atoms with Crippen molar-refractivity contribution in [3.63, 3.8) is 0 Å². The molecule has 0 aliphatic carbocycles. The maximum absolute atomic E-state index is 11.8. The van der Waals surface area contributed by atoms with Crippen LogP contribution in [0.15, 0.2) is 23.1 Å². The van der Waals surface area contributed by atoms with Gasteiger partial charge in [0.2, 0.25) is 0 Å². The van der Waals surface area contributed by atoms with E-state index in [1.165, 1.54) is 6.07 Å². The molecular formula is C12H13ClO6S. The van der Waals surface area contributed by atoms with E-state index < -0.39 is 21.0 Å². The fraction of sp³-hybridized carbons (Fsp3) is 0.333. The van der Waals surface area contributed by atoms with Gasteiger partial charge in [-0.3, -0.25) is 0 Å². The second-order valence-electron chi connectivity index (χ2n) is 3.59. The van der Waals surface area contributed by atoms with Crippen LogP contribution in [0, 0.1) is 0 Å². The fourth-order valence-electron chi connectivity index (χ4n) is 1.44. The van der Waals surface area contributed by atoms with Gasteiger partial charge < -0.3 is 9.47 Å². The summed E-state index contributed by atoms with van der Waals surface area (Å²) >= 11 is 0. The SMILES string of the molecule is CCOC(=O)c1ccc(S(=O)(=O)Cl)cc1C(=O)OCC. The van der Waals surface area contributed by atoms with Crippen molar-refractivity contribution in [1.82, 2.24) is 0 Å². The third kappa shape index (κ3) is 3.94. The Balaban J connectivity index is 3.38. The van der Waals surface area contributed by atoms with Crippen LogP contribution in [0.4, 0.5) is 0 Å². The highest BCUT2D eigenvalue weighted by molar-refractivity contribution is 8.13. The van der Waals surface area contributed by atoms with Crippen molar-refractivity contribution in [3.05, 3.63) is 29.3 Å². The summed E-state index contributed by atoms with van der Waals surface area (Å²) in [7, 11) is 1.19. The number of esters is 2. The Morgan fingerprint density at radius 2 is 1.55 bits per heavy atom. The van der Waals surface area contributed by atoms with Crippen molar-refractivity contribution >= 4 is 31.7 Å². The van der Waals surface area contributed by atoms with Crippen LogP contribution in [0.1, 0.15) is 34.6 Å². The first kappa shape index (κ1) is 16.5. The number of carbonyl (C=O) groups is 2. The molecule has 0 heterocycles. The van der Waals surface area contributed by atoms with Gasteiger partial charge in [-0.15, -0.1) is 0 Å². The quantitative estimate of drug-likeness (QED) is 0.609. The monoisotopic (exact) mass is 320 g/mol. The van der Waals surface area contributed by atoms with Gasteiger partial charge in [0.25, 0.3) is 9.05 Å². The summed E-state index contributed by atoms with van der Waals surface area (Å²) in [4.78, 5) is 23.2. The van der Waals surface area contributed by atoms with Gasteiger partial charge in [-0.1, -0.05) is 0 Å². The Kier molecular flexibility index (Phi) is 5.52. The molecule has 20 heavy (non-hydrogen) atoms. The number of hydrogen-bond acceptors (Lipinski definition) is 6. The van der Waals surface area contributed by atoms with E-state index in [0.29, 0.717) is 0 Å². The molecule has 1 aromatic carbocycles. The number of hydrogen-bond donors (Lipinski definition) is 0. The highest BCUT2D eigenvalue weighted by Crippen LogP contribution is 2.21. The maximum Gasteiger partial charge on any atom is 0.339 e. The van der Waals surface area contributed by atoms with E-state index >= 15 is 0 Å². The minimum atomic E-state index is -4.02. The molecule has 8 heteroatoms. The van der Waals surface area contributed by atoms with E-state index in [1.54, 1.807) is 13.8 Å². The predicted molar refractivity (Wildman–Crippen MR) is 71.4 cm³/mol. The third-order valence-corrected chi connectivity index (χ3v) is 3.61. The summed E-state index contributed by atoms with van der Waals surface area (Å²) in [5.41, 5.74) is -0.276. The molecule has 0 aromatic heterocycles. The Hall–Kier alpha value is -1.60. The van der Waals surface area contributed by atoms with Gasteiger partial charge in [-0.05, 0) is 32.0 Å². The predicted octanol–water partition coefficient (Wildman–Crippen LogP) is 1.97. The van der Waals surface area contributed by atoms with Gasteiger partial charge in [-0.2, -0.15) is 0 Å². The lowest BCUT2D eigenvalue weighted by atomic mass is 10.1. The van der Waals surface area contributed by atoms with Gasteiger partial charge >= 0.3 is 11.9 Å². The normalized spacial score (nSPS) is 10.9. The van der Waals surface area contributed by atoms with Gasteiger partial charge in [0.05, 0.1) is 29.2 Å². The number of ether oxygens (including phenoxy) is 2. The first-order valence-electron chi connectivity index (χ1n) is 5.74. The summed E-state index contributed by atoms with van der Waals surface area (Å²) in [6.07, 6.45) is 0. The Labute approximate surface area is 121 Å². The van der Waals surface area contributed by atoms with Crippen molar-refractivity contribution in [1.29, 1.82) is 0 Å². The molecule has 0 unspecified atom stereocenters. The first-order chi connectivity index (χ1) is 9.31. The minimum absolute atomic E-state index is 0.0747. The molecule has 0 aliphatic rings. The summed E-state index contributed by atoms with van der Waals surface area (Å²) in [6.45, 7) is 3.40.